The van der Waals surface area contributed by atoms with E-state index in [0.29, 0.717) is 18.8 Å². The number of hydrogen-bond donors (Lipinski definition) is 2. The standard InChI is InChI=1S/C14H17N3OS/c1-2-17(10-13-7-4-8-19-13)14(18)16-12-6-3-5-11(15)9-12/h3-9H,2,10,15H2,1H3,(H,16,18). The zero-order valence-corrected chi connectivity index (χ0v) is 11.6. The third-order valence-electron chi connectivity index (χ3n) is 2.73. The molecule has 0 bridgehead atoms. The third kappa shape index (κ3) is 3.72. The number of anilines is 2. The molecule has 4 nitrogen and oxygen atoms in total. The van der Waals surface area contributed by atoms with E-state index in [-0.39, 0.29) is 6.03 Å². The molecule has 0 aliphatic rings. The van der Waals surface area contributed by atoms with Crippen LogP contribution in [0, 0.1) is 0 Å². The number of nitrogens with zero attached hydrogens (tertiary/aromatic N) is 1. The molecule has 2 aromatic rings. The number of urea groups is 1. The van der Waals surface area contributed by atoms with Crippen LogP contribution in [0.25, 0.3) is 0 Å². The lowest BCUT2D eigenvalue weighted by Gasteiger charge is -2.20. The van der Waals surface area contributed by atoms with Gasteiger partial charge in [0, 0.05) is 22.8 Å². The molecule has 0 atom stereocenters. The molecule has 19 heavy (non-hydrogen) atoms. The zero-order chi connectivity index (χ0) is 13.7. The lowest BCUT2D eigenvalue weighted by Crippen LogP contribution is -2.34. The number of amides is 2. The van der Waals surface area contributed by atoms with Gasteiger partial charge in [-0.3, -0.25) is 0 Å². The van der Waals surface area contributed by atoms with Gasteiger partial charge in [0.1, 0.15) is 0 Å². The van der Waals surface area contributed by atoms with Crippen molar-refractivity contribution in [3.63, 3.8) is 0 Å². The van der Waals surface area contributed by atoms with Gasteiger partial charge in [-0.05, 0) is 36.6 Å². The Hall–Kier alpha value is -2.01. The van der Waals surface area contributed by atoms with Gasteiger partial charge >= 0.3 is 6.03 Å². The van der Waals surface area contributed by atoms with E-state index in [0.717, 1.165) is 5.69 Å². The summed E-state index contributed by atoms with van der Waals surface area (Å²) in [6.45, 7) is 3.25. The van der Waals surface area contributed by atoms with Crippen LogP contribution in [0.2, 0.25) is 0 Å². The fraction of sp³-hybridized carbons (Fsp3) is 0.214. The quantitative estimate of drug-likeness (QED) is 0.840. The van der Waals surface area contributed by atoms with Gasteiger partial charge in [0.15, 0.2) is 0 Å². The molecular formula is C14H17N3OS. The van der Waals surface area contributed by atoms with Crippen molar-refractivity contribution in [3.8, 4) is 0 Å². The Bertz CT molecular complexity index is 539. The van der Waals surface area contributed by atoms with Gasteiger partial charge in [-0.15, -0.1) is 11.3 Å². The van der Waals surface area contributed by atoms with Crippen LogP contribution in [-0.4, -0.2) is 17.5 Å². The molecule has 3 N–H and O–H groups in total. The van der Waals surface area contributed by atoms with Crippen LogP contribution in [-0.2, 0) is 6.54 Å². The van der Waals surface area contributed by atoms with Gasteiger partial charge in [0.25, 0.3) is 0 Å². The molecule has 1 aromatic carbocycles. The number of rotatable bonds is 4. The fourth-order valence-corrected chi connectivity index (χ4v) is 2.46. The van der Waals surface area contributed by atoms with Gasteiger partial charge in [-0.1, -0.05) is 12.1 Å². The van der Waals surface area contributed by atoms with E-state index in [1.807, 2.05) is 36.6 Å². The van der Waals surface area contributed by atoms with Crippen LogP contribution in [0.4, 0.5) is 16.2 Å². The molecule has 2 rings (SSSR count). The van der Waals surface area contributed by atoms with Crippen molar-refractivity contribution in [2.45, 2.75) is 13.5 Å². The SMILES string of the molecule is CCN(Cc1cccs1)C(=O)Nc1cccc(N)c1. The lowest BCUT2D eigenvalue weighted by atomic mass is 10.3. The molecule has 0 radical (unpaired) electrons. The van der Waals surface area contributed by atoms with E-state index < -0.39 is 0 Å². The minimum atomic E-state index is -0.110. The normalized spacial score (nSPS) is 10.2. The molecule has 100 valence electrons. The maximum absolute atomic E-state index is 12.2. The molecule has 0 spiro atoms. The molecular weight excluding hydrogens is 258 g/mol. The second-order valence-corrected chi connectivity index (χ2v) is 5.18. The first-order valence-electron chi connectivity index (χ1n) is 6.13. The third-order valence-corrected chi connectivity index (χ3v) is 3.59. The number of thiophene rings is 1. The fourth-order valence-electron chi connectivity index (χ4n) is 1.74. The number of nitrogen functional groups attached to an aromatic ring is 1. The van der Waals surface area contributed by atoms with E-state index in [4.69, 9.17) is 5.73 Å². The van der Waals surface area contributed by atoms with Crippen LogP contribution < -0.4 is 11.1 Å². The van der Waals surface area contributed by atoms with Gasteiger partial charge in [-0.25, -0.2) is 4.79 Å². The van der Waals surface area contributed by atoms with E-state index in [1.165, 1.54) is 4.88 Å². The molecule has 0 fully saturated rings. The van der Waals surface area contributed by atoms with Crippen LogP contribution in [0.1, 0.15) is 11.8 Å². The summed E-state index contributed by atoms with van der Waals surface area (Å²) in [6.07, 6.45) is 0. The monoisotopic (exact) mass is 275 g/mol. The summed E-state index contributed by atoms with van der Waals surface area (Å²) in [5, 5.41) is 4.87. The first-order valence-corrected chi connectivity index (χ1v) is 7.01. The Morgan fingerprint density at radius 1 is 1.37 bits per heavy atom. The number of carbonyl (C=O) groups excluding carboxylic acids is 1. The average Bonchev–Trinajstić information content (AvgIpc) is 2.88. The molecule has 1 aromatic heterocycles. The van der Waals surface area contributed by atoms with Crippen molar-refractivity contribution < 1.29 is 4.79 Å². The number of nitrogens with one attached hydrogen (secondary N) is 1. The maximum atomic E-state index is 12.2. The molecule has 0 unspecified atom stereocenters. The van der Waals surface area contributed by atoms with Crippen molar-refractivity contribution in [3.05, 3.63) is 46.7 Å². The highest BCUT2D eigenvalue weighted by atomic mass is 32.1. The van der Waals surface area contributed by atoms with Crippen LogP contribution >= 0.6 is 11.3 Å². The number of nitrogens with two attached hydrogens (primary N) is 1. The molecule has 0 saturated heterocycles. The summed E-state index contributed by atoms with van der Waals surface area (Å²) < 4.78 is 0. The second-order valence-electron chi connectivity index (χ2n) is 4.15. The van der Waals surface area contributed by atoms with Crippen molar-refractivity contribution >= 4 is 28.7 Å². The summed E-state index contributed by atoms with van der Waals surface area (Å²) in [6, 6.07) is 11.1. The highest BCUT2D eigenvalue weighted by molar-refractivity contribution is 7.09. The first kappa shape index (κ1) is 13.4. The summed E-state index contributed by atoms with van der Waals surface area (Å²) in [4.78, 5) is 15.1. The largest absolute Gasteiger partial charge is 0.399 e. The number of hydrogen-bond acceptors (Lipinski definition) is 3. The van der Waals surface area contributed by atoms with Crippen molar-refractivity contribution in [1.29, 1.82) is 0 Å². The van der Waals surface area contributed by atoms with Gasteiger partial charge in [0.2, 0.25) is 0 Å². The van der Waals surface area contributed by atoms with Crippen molar-refractivity contribution in [2.75, 3.05) is 17.6 Å². The number of benzene rings is 1. The second kappa shape index (κ2) is 6.24. The topological polar surface area (TPSA) is 58.4 Å². The molecule has 1 heterocycles. The summed E-state index contributed by atoms with van der Waals surface area (Å²) >= 11 is 1.65. The van der Waals surface area contributed by atoms with Crippen LogP contribution in [0.3, 0.4) is 0 Å². The Balaban J connectivity index is 2.00. The molecule has 2 amide bonds. The Morgan fingerprint density at radius 2 is 2.21 bits per heavy atom. The zero-order valence-electron chi connectivity index (χ0n) is 10.8. The predicted molar refractivity (Wildman–Crippen MR) is 80.3 cm³/mol. The first-order chi connectivity index (χ1) is 9.19. The van der Waals surface area contributed by atoms with E-state index >= 15 is 0 Å². The van der Waals surface area contributed by atoms with Crippen LogP contribution in [0.5, 0.6) is 0 Å². The molecule has 0 aliphatic carbocycles. The molecule has 5 heteroatoms. The van der Waals surface area contributed by atoms with Gasteiger partial charge < -0.3 is 16.0 Å². The lowest BCUT2D eigenvalue weighted by molar-refractivity contribution is 0.212. The minimum absolute atomic E-state index is 0.110. The van der Waals surface area contributed by atoms with E-state index in [1.54, 1.807) is 28.4 Å². The highest BCUT2D eigenvalue weighted by Gasteiger charge is 2.12. The van der Waals surface area contributed by atoms with E-state index in [9.17, 15) is 4.79 Å². The van der Waals surface area contributed by atoms with Crippen molar-refractivity contribution in [2.24, 2.45) is 0 Å². The van der Waals surface area contributed by atoms with Crippen LogP contribution in [0.15, 0.2) is 41.8 Å². The Morgan fingerprint density at radius 3 is 2.84 bits per heavy atom. The summed E-state index contributed by atoms with van der Waals surface area (Å²) in [5.74, 6) is 0. The minimum Gasteiger partial charge on any atom is -0.399 e. The molecule has 0 saturated carbocycles. The van der Waals surface area contributed by atoms with Crippen molar-refractivity contribution in [1.82, 2.24) is 4.90 Å². The Labute approximate surface area is 116 Å². The summed E-state index contributed by atoms with van der Waals surface area (Å²) in [5.41, 5.74) is 7.04. The maximum Gasteiger partial charge on any atom is 0.322 e. The Kier molecular flexibility index (Phi) is 4.41. The van der Waals surface area contributed by atoms with E-state index in [2.05, 4.69) is 5.32 Å². The van der Waals surface area contributed by atoms with Gasteiger partial charge in [0.05, 0.1) is 6.54 Å². The van der Waals surface area contributed by atoms with Gasteiger partial charge in [-0.2, -0.15) is 0 Å². The smallest absolute Gasteiger partial charge is 0.322 e. The summed E-state index contributed by atoms with van der Waals surface area (Å²) in [7, 11) is 0. The highest BCUT2D eigenvalue weighted by Crippen LogP contribution is 2.15. The predicted octanol–water partition coefficient (Wildman–Crippen LogP) is 3.38. The number of carbonyl (C=O) groups is 1. The average molecular weight is 275 g/mol. The molecule has 0 aliphatic heterocycles.